The second-order valence-electron chi connectivity index (χ2n) is 5.62. The minimum Gasteiger partial charge on any atom is -0.505 e. The van der Waals surface area contributed by atoms with Crippen molar-refractivity contribution in [2.24, 2.45) is 10.2 Å². The SMILES string of the molecule is C.Cc1cc2ccccc2c(N=Nc2ccc3[nH]c(=O)[nH]c3c2)c1O. The van der Waals surface area contributed by atoms with Gasteiger partial charge in [0.1, 0.15) is 11.4 Å². The molecule has 25 heavy (non-hydrogen) atoms. The maximum absolute atomic E-state index is 11.3. The number of aromatic hydroxyl groups is 1. The lowest BCUT2D eigenvalue weighted by Gasteiger charge is -2.07. The van der Waals surface area contributed by atoms with Crippen molar-refractivity contribution in [3.8, 4) is 5.75 Å². The highest BCUT2D eigenvalue weighted by molar-refractivity contribution is 5.96. The number of H-pyrrole nitrogens is 2. The van der Waals surface area contributed by atoms with Crippen LogP contribution in [-0.4, -0.2) is 15.1 Å². The van der Waals surface area contributed by atoms with E-state index >= 15 is 0 Å². The van der Waals surface area contributed by atoms with Gasteiger partial charge >= 0.3 is 5.69 Å². The molecule has 0 spiro atoms. The molecule has 0 radical (unpaired) electrons. The van der Waals surface area contributed by atoms with Gasteiger partial charge in [-0.1, -0.05) is 31.7 Å². The molecule has 1 heterocycles. The fraction of sp³-hybridized carbons (Fsp3) is 0.105. The van der Waals surface area contributed by atoms with Crippen molar-refractivity contribution in [3.05, 3.63) is 64.6 Å². The lowest BCUT2D eigenvalue weighted by molar-refractivity contribution is 0.473. The molecule has 4 aromatic rings. The third kappa shape index (κ3) is 2.89. The molecule has 0 aliphatic carbocycles. The molecule has 0 amide bonds. The van der Waals surface area contributed by atoms with E-state index in [4.69, 9.17) is 0 Å². The minimum absolute atomic E-state index is 0. The lowest BCUT2D eigenvalue weighted by atomic mass is 10.0. The summed E-state index contributed by atoms with van der Waals surface area (Å²) in [6.45, 7) is 1.83. The van der Waals surface area contributed by atoms with Crippen molar-refractivity contribution in [3.63, 3.8) is 0 Å². The van der Waals surface area contributed by atoms with E-state index in [1.54, 1.807) is 18.2 Å². The van der Waals surface area contributed by atoms with E-state index in [9.17, 15) is 9.90 Å². The highest BCUT2D eigenvalue weighted by Crippen LogP contribution is 2.38. The fourth-order valence-electron chi connectivity index (χ4n) is 2.75. The van der Waals surface area contributed by atoms with Gasteiger partial charge in [0.2, 0.25) is 0 Å². The van der Waals surface area contributed by atoms with Gasteiger partial charge in [-0.25, -0.2) is 4.79 Å². The normalized spacial score (nSPS) is 11.2. The van der Waals surface area contributed by atoms with Gasteiger partial charge in [0.05, 0.1) is 16.7 Å². The summed E-state index contributed by atoms with van der Waals surface area (Å²) in [5.74, 6) is 0.119. The molecule has 0 fully saturated rings. The van der Waals surface area contributed by atoms with Gasteiger partial charge in [0.15, 0.2) is 0 Å². The van der Waals surface area contributed by atoms with E-state index in [1.165, 1.54) is 0 Å². The van der Waals surface area contributed by atoms with Crippen LogP contribution in [0.15, 0.2) is 63.6 Å². The first kappa shape index (κ1) is 16.4. The summed E-state index contributed by atoms with van der Waals surface area (Å²) in [4.78, 5) is 16.7. The van der Waals surface area contributed by atoms with Crippen molar-refractivity contribution >= 4 is 33.2 Å². The highest BCUT2D eigenvalue weighted by Gasteiger charge is 2.09. The predicted molar refractivity (Wildman–Crippen MR) is 100 cm³/mol. The van der Waals surface area contributed by atoms with E-state index in [2.05, 4.69) is 20.2 Å². The summed E-state index contributed by atoms with van der Waals surface area (Å²) in [6, 6.07) is 14.9. The number of fused-ring (bicyclic) bond motifs is 2. The Balaban J connectivity index is 0.00000182. The van der Waals surface area contributed by atoms with Crippen LogP contribution in [0.1, 0.15) is 13.0 Å². The summed E-state index contributed by atoms with van der Waals surface area (Å²) < 4.78 is 0. The monoisotopic (exact) mass is 334 g/mol. The van der Waals surface area contributed by atoms with Crippen LogP contribution in [-0.2, 0) is 0 Å². The van der Waals surface area contributed by atoms with Crippen molar-refractivity contribution in [1.29, 1.82) is 0 Å². The van der Waals surface area contributed by atoms with Crippen molar-refractivity contribution in [1.82, 2.24) is 9.97 Å². The average molecular weight is 334 g/mol. The van der Waals surface area contributed by atoms with E-state index < -0.39 is 0 Å². The number of hydrogen-bond donors (Lipinski definition) is 3. The fourth-order valence-corrected chi connectivity index (χ4v) is 2.75. The summed E-state index contributed by atoms with van der Waals surface area (Å²) in [5.41, 5.74) is 2.88. The van der Waals surface area contributed by atoms with Gasteiger partial charge in [-0.3, -0.25) is 0 Å². The lowest BCUT2D eigenvalue weighted by Crippen LogP contribution is -1.99. The average Bonchev–Trinajstić information content (AvgIpc) is 2.94. The van der Waals surface area contributed by atoms with Gasteiger partial charge in [-0.05, 0) is 42.1 Å². The maximum atomic E-state index is 11.3. The van der Waals surface area contributed by atoms with Crippen LogP contribution < -0.4 is 5.69 Å². The van der Waals surface area contributed by atoms with Crippen LogP contribution in [0.5, 0.6) is 5.75 Å². The number of rotatable bonds is 2. The Morgan fingerprint density at radius 1 is 0.960 bits per heavy atom. The van der Waals surface area contributed by atoms with E-state index in [1.807, 2.05) is 37.3 Å². The number of aromatic nitrogens is 2. The third-order valence-electron chi connectivity index (χ3n) is 3.95. The molecule has 0 saturated carbocycles. The number of nitrogens with zero attached hydrogens (tertiary/aromatic N) is 2. The van der Waals surface area contributed by atoms with Crippen LogP contribution in [0, 0.1) is 6.92 Å². The number of hydrogen-bond acceptors (Lipinski definition) is 4. The molecule has 4 rings (SSSR count). The Kier molecular flexibility index (Phi) is 4.10. The summed E-state index contributed by atoms with van der Waals surface area (Å²) in [5, 5.41) is 20.6. The second-order valence-corrected chi connectivity index (χ2v) is 5.62. The molecule has 0 atom stereocenters. The zero-order valence-corrected chi connectivity index (χ0v) is 12.9. The molecule has 126 valence electrons. The number of imidazole rings is 1. The van der Waals surface area contributed by atoms with Gasteiger partial charge in [-0.2, -0.15) is 5.11 Å². The molecule has 6 heteroatoms. The zero-order chi connectivity index (χ0) is 16.7. The first-order valence-electron chi connectivity index (χ1n) is 7.47. The Labute approximate surface area is 143 Å². The summed E-state index contributed by atoms with van der Waals surface area (Å²) >= 11 is 0. The van der Waals surface area contributed by atoms with E-state index in [0.29, 0.717) is 22.4 Å². The molecule has 1 aromatic heterocycles. The molecule has 3 N–H and O–H groups in total. The van der Waals surface area contributed by atoms with Gasteiger partial charge in [0.25, 0.3) is 0 Å². The Bertz CT molecular complexity index is 1160. The number of aromatic amines is 2. The summed E-state index contributed by atoms with van der Waals surface area (Å²) in [6.07, 6.45) is 0. The molecule has 0 bridgehead atoms. The molecule has 0 aliphatic rings. The number of phenols is 1. The number of azo groups is 1. The van der Waals surface area contributed by atoms with Crippen molar-refractivity contribution in [2.75, 3.05) is 0 Å². The van der Waals surface area contributed by atoms with Crippen molar-refractivity contribution in [2.45, 2.75) is 14.4 Å². The van der Waals surface area contributed by atoms with Gasteiger partial charge in [-0.15, -0.1) is 5.11 Å². The molecule has 6 nitrogen and oxygen atoms in total. The second kappa shape index (κ2) is 6.24. The molecular formula is C19H18N4O2. The topological polar surface area (TPSA) is 93.6 Å². The summed E-state index contributed by atoms with van der Waals surface area (Å²) in [7, 11) is 0. The Morgan fingerprint density at radius 3 is 2.56 bits per heavy atom. The van der Waals surface area contributed by atoms with E-state index in [-0.39, 0.29) is 18.9 Å². The van der Waals surface area contributed by atoms with Gasteiger partial charge < -0.3 is 15.1 Å². The number of nitrogens with one attached hydrogen (secondary N) is 2. The first-order valence-corrected chi connectivity index (χ1v) is 7.47. The number of phenolic OH excluding ortho intramolecular Hbond substituents is 1. The molecule has 0 unspecified atom stereocenters. The third-order valence-corrected chi connectivity index (χ3v) is 3.95. The smallest absolute Gasteiger partial charge is 0.323 e. The Morgan fingerprint density at radius 2 is 1.72 bits per heavy atom. The number of benzene rings is 3. The molecular weight excluding hydrogens is 316 g/mol. The van der Waals surface area contributed by atoms with Crippen LogP contribution in [0.2, 0.25) is 0 Å². The molecule has 0 aliphatic heterocycles. The van der Waals surface area contributed by atoms with Crippen LogP contribution in [0.3, 0.4) is 0 Å². The van der Waals surface area contributed by atoms with Crippen LogP contribution in [0.4, 0.5) is 11.4 Å². The first-order chi connectivity index (χ1) is 11.6. The zero-order valence-electron chi connectivity index (χ0n) is 12.9. The standard InChI is InChI=1S/C18H14N4O2.CH4/c1-10-8-11-4-2-3-5-13(11)16(17(10)23)22-21-12-6-7-14-15(9-12)20-18(24)19-14;/h2-9,23H,1H3,(H2,19,20,24);1H4. The van der Waals surface area contributed by atoms with Crippen LogP contribution in [0.25, 0.3) is 21.8 Å². The molecule has 3 aromatic carbocycles. The largest absolute Gasteiger partial charge is 0.505 e. The van der Waals surface area contributed by atoms with Crippen molar-refractivity contribution < 1.29 is 5.11 Å². The quantitative estimate of drug-likeness (QED) is 0.446. The maximum Gasteiger partial charge on any atom is 0.323 e. The predicted octanol–water partition coefficient (Wildman–Crippen LogP) is 5.07. The Hall–Kier alpha value is -3.41. The van der Waals surface area contributed by atoms with E-state index in [0.717, 1.165) is 16.3 Å². The van der Waals surface area contributed by atoms with Gasteiger partial charge in [0, 0.05) is 5.39 Å². The highest BCUT2D eigenvalue weighted by atomic mass is 16.3. The molecule has 0 saturated heterocycles. The van der Waals surface area contributed by atoms with Crippen LogP contribution >= 0.6 is 0 Å². The number of aryl methyl sites for hydroxylation is 1. The minimum atomic E-state index is -0.263.